The molecule has 1 amide bonds. The van der Waals surface area contributed by atoms with Crippen molar-refractivity contribution in [2.24, 2.45) is 0 Å². The van der Waals surface area contributed by atoms with E-state index >= 15 is 0 Å². The average molecular weight is 251 g/mol. The fourth-order valence-electron chi connectivity index (χ4n) is 2.23. The Balaban J connectivity index is 2.13. The molecule has 5 heteroatoms. The van der Waals surface area contributed by atoms with Crippen LogP contribution in [-0.4, -0.2) is 27.9 Å². The van der Waals surface area contributed by atoms with Gasteiger partial charge in [-0.25, -0.2) is 4.39 Å². The molecule has 0 unspecified atom stereocenters. The number of amides is 1. The molecule has 1 heterocycles. The van der Waals surface area contributed by atoms with Gasteiger partial charge < -0.3 is 10.0 Å². The Bertz CT molecular complexity index is 475. The lowest BCUT2D eigenvalue weighted by molar-refractivity contribution is -0.139. The minimum atomic E-state index is -0.937. The van der Waals surface area contributed by atoms with Crippen LogP contribution in [0.15, 0.2) is 24.3 Å². The monoisotopic (exact) mass is 251 g/mol. The van der Waals surface area contributed by atoms with E-state index in [1.807, 2.05) is 0 Å². The Kier molecular flexibility index (Phi) is 3.60. The summed E-state index contributed by atoms with van der Waals surface area (Å²) in [4.78, 5) is 23.9. The van der Waals surface area contributed by atoms with Crippen LogP contribution in [0.3, 0.4) is 0 Å². The fraction of sp³-hybridized carbons (Fsp3) is 0.385. The smallest absolute Gasteiger partial charge is 0.305 e. The molecule has 0 aromatic heterocycles. The molecule has 1 N–H and O–H groups in total. The predicted molar refractivity (Wildman–Crippen MR) is 62.2 cm³/mol. The van der Waals surface area contributed by atoms with Gasteiger partial charge >= 0.3 is 5.97 Å². The fourth-order valence-corrected chi connectivity index (χ4v) is 2.23. The number of carbonyl (C=O) groups excluding carboxylic acids is 1. The van der Waals surface area contributed by atoms with Crippen LogP contribution in [0.2, 0.25) is 0 Å². The SMILES string of the molecule is O=C(O)C[C@@H]1CCC(=O)N1Cc1ccccc1F. The van der Waals surface area contributed by atoms with Crippen molar-refractivity contribution in [2.75, 3.05) is 0 Å². The van der Waals surface area contributed by atoms with E-state index in [-0.39, 0.29) is 30.7 Å². The molecule has 1 aromatic rings. The Hall–Kier alpha value is -1.91. The number of aliphatic carboxylic acids is 1. The minimum absolute atomic E-state index is 0.0831. The maximum Gasteiger partial charge on any atom is 0.305 e. The molecule has 1 aliphatic rings. The molecule has 1 aromatic carbocycles. The Labute approximate surface area is 104 Å². The average Bonchev–Trinajstić information content (AvgIpc) is 2.64. The number of nitrogens with zero attached hydrogens (tertiary/aromatic N) is 1. The van der Waals surface area contributed by atoms with E-state index in [4.69, 9.17) is 5.11 Å². The molecule has 1 aliphatic heterocycles. The van der Waals surface area contributed by atoms with E-state index in [0.29, 0.717) is 18.4 Å². The number of carbonyl (C=O) groups is 2. The molecule has 0 radical (unpaired) electrons. The third kappa shape index (κ3) is 2.67. The lowest BCUT2D eigenvalue weighted by atomic mass is 10.1. The molecule has 1 fully saturated rings. The van der Waals surface area contributed by atoms with Crippen LogP contribution in [0, 0.1) is 5.82 Å². The Morgan fingerprint density at radius 2 is 2.17 bits per heavy atom. The van der Waals surface area contributed by atoms with Crippen molar-refractivity contribution in [3.05, 3.63) is 35.6 Å². The molecule has 0 saturated carbocycles. The summed E-state index contributed by atoms with van der Waals surface area (Å²) in [6.45, 7) is 0.142. The van der Waals surface area contributed by atoms with E-state index in [2.05, 4.69) is 0 Å². The first-order valence-corrected chi connectivity index (χ1v) is 5.82. The lowest BCUT2D eigenvalue weighted by Gasteiger charge is -2.23. The Morgan fingerprint density at radius 3 is 2.83 bits per heavy atom. The van der Waals surface area contributed by atoms with E-state index in [9.17, 15) is 14.0 Å². The summed E-state index contributed by atoms with van der Waals surface area (Å²) in [6, 6.07) is 5.90. The molecule has 0 bridgehead atoms. The minimum Gasteiger partial charge on any atom is -0.481 e. The van der Waals surface area contributed by atoms with Crippen molar-refractivity contribution in [1.82, 2.24) is 4.90 Å². The number of likely N-dealkylation sites (tertiary alicyclic amines) is 1. The third-order valence-electron chi connectivity index (χ3n) is 3.16. The zero-order valence-corrected chi connectivity index (χ0v) is 9.80. The lowest BCUT2D eigenvalue weighted by Crippen LogP contribution is -2.34. The maximum absolute atomic E-state index is 13.5. The number of carboxylic acid groups (broad SMARTS) is 1. The van der Waals surface area contributed by atoms with Crippen LogP contribution in [0.5, 0.6) is 0 Å². The van der Waals surface area contributed by atoms with Gasteiger partial charge in [0, 0.05) is 24.6 Å². The van der Waals surface area contributed by atoms with Gasteiger partial charge in [0.2, 0.25) is 5.91 Å². The van der Waals surface area contributed by atoms with Gasteiger partial charge in [0.25, 0.3) is 0 Å². The van der Waals surface area contributed by atoms with Gasteiger partial charge in [-0.3, -0.25) is 9.59 Å². The van der Waals surface area contributed by atoms with Gasteiger partial charge in [-0.15, -0.1) is 0 Å². The van der Waals surface area contributed by atoms with Crippen LogP contribution >= 0.6 is 0 Å². The van der Waals surface area contributed by atoms with Gasteiger partial charge in [-0.05, 0) is 12.5 Å². The van der Waals surface area contributed by atoms with Crippen molar-refractivity contribution in [2.45, 2.75) is 31.8 Å². The van der Waals surface area contributed by atoms with E-state index in [1.165, 1.54) is 11.0 Å². The first-order chi connectivity index (χ1) is 8.58. The van der Waals surface area contributed by atoms with E-state index < -0.39 is 5.97 Å². The zero-order chi connectivity index (χ0) is 13.1. The number of carboxylic acids is 1. The molecule has 96 valence electrons. The van der Waals surface area contributed by atoms with Gasteiger partial charge in [-0.2, -0.15) is 0 Å². The molecule has 1 saturated heterocycles. The van der Waals surface area contributed by atoms with E-state index in [0.717, 1.165) is 0 Å². The number of hydrogen-bond donors (Lipinski definition) is 1. The van der Waals surface area contributed by atoms with Crippen LogP contribution in [0.25, 0.3) is 0 Å². The highest BCUT2D eigenvalue weighted by Gasteiger charge is 2.32. The highest BCUT2D eigenvalue weighted by atomic mass is 19.1. The van der Waals surface area contributed by atoms with Crippen molar-refractivity contribution in [3.63, 3.8) is 0 Å². The van der Waals surface area contributed by atoms with Gasteiger partial charge in [0.1, 0.15) is 5.82 Å². The molecule has 1 atom stereocenters. The van der Waals surface area contributed by atoms with E-state index in [1.54, 1.807) is 18.2 Å². The first kappa shape index (κ1) is 12.5. The highest BCUT2D eigenvalue weighted by molar-refractivity contribution is 5.80. The van der Waals surface area contributed by atoms with Crippen LogP contribution < -0.4 is 0 Å². The maximum atomic E-state index is 13.5. The number of halogens is 1. The summed E-state index contributed by atoms with van der Waals surface area (Å²) < 4.78 is 13.5. The van der Waals surface area contributed by atoms with Crippen molar-refractivity contribution < 1.29 is 19.1 Å². The van der Waals surface area contributed by atoms with Crippen LogP contribution in [0.4, 0.5) is 4.39 Å². The van der Waals surface area contributed by atoms with Gasteiger partial charge in [-0.1, -0.05) is 18.2 Å². The molecular formula is C13H14FNO3. The van der Waals surface area contributed by atoms with Crippen molar-refractivity contribution in [1.29, 1.82) is 0 Å². The van der Waals surface area contributed by atoms with Crippen molar-refractivity contribution in [3.8, 4) is 0 Å². The van der Waals surface area contributed by atoms with Gasteiger partial charge in [0.05, 0.1) is 6.42 Å². The summed E-state index contributed by atoms with van der Waals surface area (Å²) in [5.41, 5.74) is 0.420. The second-order valence-electron chi connectivity index (χ2n) is 4.40. The second kappa shape index (κ2) is 5.16. The van der Waals surface area contributed by atoms with Crippen LogP contribution in [0.1, 0.15) is 24.8 Å². The first-order valence-electron chi connectivity index (χ1n) is 5.82. The van der Waals surface area contributed by atoms with Crippen molar-refractivity contribution >= 4 is 11.9 Å². The second-order valence-corrected chi connectivity index (χ2v) is 4.40. The number of benzene rings is 1. The molecular weight excluding hydrogens is 237 g/mol. The number of rotatable bonds is 4. The largest absolute Gasteiger partial charge is 0.481 e. The normalized spacial score (nSPS) is 19.3. The summed E-state index contributed by atoms with van der Waals surface area (Å²) in [5.74, 6) is -1.41. The van der Waals surface area contributed by atoms with Gasteiger partial charge in [0.15, 0.2) is 0 Å². The summed E-state index contributed by atoms with van der Waals surface area (Å²) >= 11 is 0. The molecule has 18 heavy (non-hydrogen) atoms. The standard InChI is InChI=1S/C13H14FNO3/c14-11-4-2-1-3-9(11)8-15-10(7-13(17)18)5-6-12(15)16/h1-4,10H,5-8H2,(H,17,18)/t10-/m0/s1. The summed E-state index contributed by atoms with van der Waals surface area (Å²) in [5, 5.41) is 8.79. The van der Waals surface area contributed by atoms with Crippen LogP contribution in [-0.2, 0) is 16.1 Å². The molecule has 2 rings (SSSR count). The topological polar surface area (TPSA) is 57.6 Å². The number of hydrogen-bond acceptors (Lipinski definition) is 2. The third-order valence-corrected chi connectivity index (χ3v) is 3.16. The quantitative estimate of drug-likeness (QED) is 0.887. The molecule has 0 spiro atoms. The molecule has 4 nitrogen and oxygen atoms in total. The summed E-state index contributed by atoms with van der Waals surface area (Å²) in [7, 11) is 0. The highest BCUT2D eigenvalue weighted by Crippen LogP contribution is 2.24. The Morgan fingerprint density at radius 1 is 1.44 bits per heavy atom. The summed E-state index contributed by atoms with van der Waals surface area (Å²) in [6.07, 6.45) is 0.784. The zero-order valence-electron chi connectivity index (χ0n) is 9.80. The predicted octanol–water partition coefficient (Wildman–Crippen LogP) is 1.79. The molecule has 0 aliphatic carbocycles.